The van der Waals surface area contributed by atoms with Crippen LogP contribution in [0.15, 0.2) is 0 Å². The lowest BCUT2D eigenvalue weighted by atomic mass is 9.67. The van der Waals surface area contributed by atoms with Crippen molar-refractivity contribution in [3.8, 4) is 0 Å². The fraction of sp³-hybridized carbons (Fsp3) is 1.00. The van der Waals surface area contributed by atoms with Crippen molar-refractivity contribution in [3.63, 3.8) is 0 Å². The summed E-state index contributed by atoms with van der Waals surface area (Å²) < 4.78 is 0. The molecule has 0 spiro atoms. The molecule has 0 bridgehead atoms. The summed E-state index contributed by atoms with van der Waals surface area (Å²) in [5, 5.41) is 0. The zero-order valence-electron chi connectivity index (χ0n) is 14.5. The Morgan fingerprint density at radius 3 is 1.48 bits per heavy atom. The first-order valence-electron chi connectivity index (χ1n) is 10.4. The average molecular weight is 291 g/mol. The van der Waals surface area contributed by atoms with E-state index in [4.69, 9.17) is 0 Å². The molecule has 3 aliphatic carbocycles. The third-order valence-electron chi connectivity index (χ3n) is 7.41. The first-order chi connectivity index (χ1) is 10.4. The third-order valence-corrected chi connectivity index (χ3v) is 7.41. The second-order valence-corrected chi connectivity index (χ2v) is 8.64. The van der Waals surface area contributed by atoms with Crippen LogP contribution in [-0.4, -0.2) is 0 Å². The summed E-state index contributed by atoms with van der Waals surface area (Å²) in [6, 6.07) is 0. The molecule has 0 aromatic rings. The summed E-state index contributed by atoms with van der Waals surface area (Å²) in [6.07, 6.45) is 23.2. The highest BCUT2D eigenvalue weighted by atomic mass is 14.4. The normalized spacial score (nSPS) is 38.7. The van der Waals surface area contributed by atoms with Crippen LogP contribution in [0, 0.1) is 29.6 Å². The van der Waals surface area contributed by atoms with Crippen LogP contribution in [0.5, 0.6) is 0 Å². The van der Waals surface area contributed by atoms with E-state index in [0.29, 0.717) is 0 Å². The van der Waals surface area contributed by atoms with E-state index in [2.05, 4.69) is 6.92 Å². The quantitative estimate of drug-likeness (QED) is 0.512. The zero-order valence-corrected chi connectivity index (χ0v) is 14.5. The smallest absolute Gasteiger partial charge is 0.0386 e. The molecule has 3 saturated carbocycles. The van der Waals surface area contributed by atoms with Crippen molar-refractivity contribution in [3.05, 3.63) is 0 Å². The molecule has 0 heterocycles. The average Bonchev–Trinajstić information content (AvgIpc) is 3.08. The Kier molecular flexibility index (Phi) is 6.07. The summed E-state index contributed by atoms with van der Waals surface area (Å²) in [5.74, 6) is 5.60. The predicted octanol–water partition coefficient (Wildman–Crippen LogP) is 6.98. The summed E-state index contributed by atoms with van der Waals surface area (Å²) in [5.41, 5.74) is 0. The molecule has 0 nitrogen and oxygen atoms in total. The van der Waals surface area contributed by atoms with Gasteiger partial charge in [0.25, 0.3) is 0 Å². The molecule has 0 N–H and O–H groups in total. The van der Waals surface area contributed by atoms with Crippen LogP contribution in [0.2, 0.25) is 0 Å². The molecular weight excluding hydrogens is 252 g/mol. The standard InChI is InChI=1S/C21H38/c1-2-3-6-17-9-11-19(12-10-17)21-15-13-20(14-16-21)18-7-4-5-8-18/h17-21H,2-16H2,1H3. The van der Waals surface area contributed by atoms with Crippen LogP contribution < -0.4 is 0 Å². The van der Waals surface area contributed by atoms with E-state index in [-0.39, 0.29) is 0 Å². The van der Waals surface area contributed by atoms with Gasteiger partial charge < -0.3 is 0 Å². The van der Waals surface area contributed by atoms with Gasteiger partial charge in [-0.3, -0.25) is 0 Å². The van der Waals surface area contributed by atoms with Crippen LogP contribution in [-0.2, 0) is 0 Å². The van der Waals surface area contributed by atoms with E-state index in [9.17, 15) is 0 Å². The van der Waals surface area contributed by atoms with Crippen LogP contribution in [0.25, 0.3) is 0 Å². The van der Waals surface area contributed by atoms with Gasteiger partial charge in [0.1, 0.15) is 0 Å². The molecule has 122 valence electrons. The Morgan fingerprint density at radius 2 is 1.00 bits per heavy atom. The van der Waals surface area contributed by atoms with E-state index >= 15 is 0 Å². The van der Waals surface area contributed by atoms with Crippen molar-refractivity contribution in [1.82, 2.24) is 0 Å². The fourth-order valence-corrected chi connectivity index (χ4v) is 5.96. The minimum absolute atomic E-state index is 1.09. The topological polar surface area (TPSA) is 0 Å². The van der Waals surface area contributed by atoms with E-state index < -0.39 is 0 Å². The van der Waals surface area contributed by atoms with Gasteiger partial charge in [-0.2, -0.15) is 0 Å². The van der Waals surface area contributed by atoms with Gasteiger partial charge in [-0.05, 0) is 68.1 Å². The minimum Gasteiger partial charge on any atom is -0.0654 e. The number of unbranched alkanes of at least 4 members (excludes halogenated alkanes) is 1. The predicted molar refractivity (Wildman–Crippen MR) is 92.4 cm³/mol. The first kappa shape index (κ1) is 15.9. The van der Waals surface area contributed by atoms with Gasteiger partial charge in [-0.15, -0.1) is 0 Å². The van der Waals surface area contributed by atoms with Crippen molar-refractivity contribution in [2.75, 3.05) is 0 Å². The molecule has 0 radical (unpaired) electrons. The van der Waals surface area contributed by atoms with Gasteiger partial charge in [-0.25, -0.2) is 0 Å². The monoisotopic (exact) mass is 290 g/mol. The van der Waals surface area contributed by atoms with Crippen molar-refractivity contribution in [2.24, 2.45) is 29.6 Å². The Labute approximate surface area is 133 Å². The Hall–Kier alpha value is 0. The van der Waals surface area contributed by atoms with Crippen LogP contribution in [0.4, 0.5) is 0 Å². The molecule has 3 rings (SSSR count). The van der Waals surface area contributed by atoms with Crippen molar-refractivity contribution < 1.29 is 0 Å². The summed E-state index contributed by atoms with van der Waals surface area (Å²) in [6.45, 7) is 2.34. The summed E-state index contributed by atoms with van der Waals surface area (Å²) in [7, 11) is 0. The SMILES string of the molecule is CCCCC1CCC(C2CCC(C3CCCC3)CC2)CC1. The maximum atomic E-state index is 2.34. The lowest BCUT2D eigenvalue weighted by molar-refractivity contribution is 0.124. The Bertz CT molecular complexity index is 272. The van der Waals surface area contributed by atoms with E-state index in [1.165, 1.54) is 32.1 Å². The molecule has 3 aliphatic rings. The Balaban J connectivity index is 1.37. The number of hydrogen-bond acceptors (Lipinski definition) is 0. The molecular formula is C21H38. The molecule has 0 aromatic carbocycles. The Morgan fingerprint density at radius 1 is 0.571 bits per heavy atom. The molecule has 0 aliphatic heterocycles. The molecule has 0 heteroatoms. The number of hydrogen-bond donors (Lipinski definition) is 0. The second-order valence-electron chi connectivity index (χ2n) is 8.64. The molecule has 0 aromatic heterocycles. The van der Waals surface area contributed by atoms with Crippen LogP contribution in [0.1, 0.15) is 103 Å². The number of rotatable bonds is 5. The molecule has 0 atom stereocenters. The minimum atomic E-state index is 1.09. The summed E-state index contributed by atoms with van der Waals surface area (Å²) in [4.78, 5) is 0. The highest BCUT2D eigenvalue weighted by Gasteiger charge is 2.33. The highest BCUT2D eigenvalue weighted by Crippen LogP contribution is 2.46. The van der Waals surface area contributed by atoms with Gasteiger partial charge in [0, 0.05) is 0 Å². The molecule has 21 heavy (non-hydrogen) atoms. The largest absolute Gasteiger partial charge is 0.0654 e. The van der Waals surface area contributed by atoms with Gasteiger partial charge in [0.05, 0.1) is 0 Å². The van der Waals surface area contributed by atoms with Crippen LogP contribution >= 0.6 is 0 Å². The lowest BCUT2D eigenvalue weighted by Crippen LogP contribution is -2.27. The first-order valence-corrected chi connectivity index (χ1v) is 10.4. The maximum absolute atomic E-state index is 2.34. The highest BCUT2D eigenvalue weighted by molar-refractivity contribution is 4.85. The van der Waals surface area contributed by atoms with Crippen LogP contribution in [0.3, 0.4) is 0 Å². The molecule has 0 amide bonds. The van der Waals surface area contributed by atoms with E-state index in [1.807, 2.05) is 0 Å². The van der Waals surface area contributed by atoms with Crippen molar-refractivity contribution >= 4 is 0 Å². The zero-order chi connectivity index (χ0) is 14.5. The molecule has 0 unspecified atom stereocenters. The van der Waals surface area contributed by atoms with E-state index in [1.54, 1.807) is 64.2 Å². The van der Waals surface area contributed by atoms with Crippen molar-refractivity contribution in [2.45, 2.75) is 103 Å². The van der Waals surface area contributed by atoms with Gasteiger partial charge in [-0.1, -0.05) is 64.7 Å². The fourth-order valence-electron chi connectivity index (χ4n) is 5.96. The van der Waals surface area contributed by atoms with Gasteiger partial charge >= 0.3 is 0 Å². The molecule has 0 saturated heterocycles. The van der Waals surface area contributed by atoms with E-state index in [0.717, 1.165) is 29.6 Å². The lowest BCUT2D eigenvalue weighted by Gasteiger charge is -2.39. The third kappa shape index (κ3) is 4.26. The second kappa shape index (κ2) is 8.02. The maximum Gasteiger partial charge on any atom is -0.0386 e. The molecule has 3 fully saturated rings. The summed E-state index contributed by atoms with van der Waals surface area (Å²) >= 11 is 0. The van der Waals surface area contributed by atoms with Gasteiger partial charge in [0.15, 0.2) is 0 Å². The van der Waals surface area contributed by atoms with Gasteiger partial charge in [0.2, 0.25) is 0 Å². The van der Waals surface area contributed by atoms with Crippen molar-refractivity contribution in [1.29, 1.82) is 0 Å².